The molecule has 1 aromatic rings. The quantitative estimate of drug-likeness (QED) is 0.157. The SMILES string of the molecule is COc1ccc(CO[C@H]([C@H](C)CO[Si](C)(C)C(C)(C)C)[C@@H](C)C(=O)C[C@H]2CC[C@@](C)([C@H]3CC[C@@](C)([C@@H](C)O[Si](C)(C)C(C)(C)C)O3)O2)cc1. The molecule has 1 aromatic carbocycles. The summed E-state index contributed by atoms with van der Waals surface area (Å²) in [6.07, 6.45) is 3.55. The van der Waals surface area contributed by atoms with Gasteiger partial charge in [-0.2, -0.15) is 0 Å². The molecule has 0 saturated carbocycles. The van der Waals surface area contributed by atoms with Crippen LogP contribution in [0.5, 0.6) is 5.75 Å². The monoisotopic (exact) mass is 720 g/mol. The number of hydrogen-bond acceptors (Lipinski definition) is 7. The summed E-state index contributed by atoms with van der Waals surface area (Å²) < 4.78 is 38.9. The first-order chi connectivity index (χ1) is 22.3. The van der Waals surface area contributed by atoms with Crippen LogP contribution < -0.4 is 4.74 Å². The zero-order chi connectivity index (χ0) is 37.2. The third kappa shape index (κ3) is 10.5. The molecular formula is C40H72O7Si2. The van der Waals surface area contributed by atoms with Crippen LogP contribution in [0.4, 0.5) is 0 Å². The summed E-state index contributed by atoms with van der Waals surface area (Å²) in [4.78, 5) is 14.0. The van der Waals surface area contributed by atoms with Crippen LogP contribution in [0, 0.1) is 11.8 Å². The molecule has 0 aliphatic carbocycles. The summed E-state index contributed by atoms with van der Waals surface area (Å²) in [5.41, 5.74) is 0.272. The van der Waals surface area contributed by atoms with Crippen LogP contribution >= 0.6 is 0 Å². The molecule has 2 aliphatic rings. The summed E-state index contributed by atoms with van der Waals surface area (Å²) in [7, 11) is -2.23. The Kier molecular flexibility index (Phi) is 13.7. The molecule has 8 atom stereocenters. The Balaban J connectivity index is 1.66. The predicted octanol–water partition coefficient (Wildman–Crippen LogP) is 10.1. The molecule has 0 unspecified atom stereocenters. The highest BCUT2D eigenvalue weighted by atomic mass is 28.4. The minimum Gasteiger partial charge on any atom is -0.497 e. The summed E-state index contributed by atoms with van der Waals surface area (Å²) in [5, 5.41) is 0.249. The van der Waals surface area contributed by atoms with Crippen molar-refractivity contribution in [2.24, 2.45) is 11.8 Å². The normalized spacial score (nSPS) is 27.9. The van der Waals surface area contributed by atoms with Gasteiger partial charge in [0.1, 0.15) is 11.5 Å². The van der Waals surface area contributed by atoms with Gasteiger partial charge in [0.15, 0.2) is 16.6 Å². The van der Waals surface area contributed by atoms with E-state index in [2.05, 4.69) is 95.4 Å². The summed E-state index contributed by atoms with van der Waals surface area (Å²) in [6, 6.07) is 7.92. The lowest BCUT2D eigenvalue weighted by Gasteiger charge is -2.43. The van der Waals surface area contributed by atoms with Crippen LogP contribution in [-0.4, -0.2) is 71.8 Å². The van der Waals surface area contributed by atoms with Crippen LogP contribution in [0.1, 0.15) is 114 Å². The first-order valence-electron chi connectivity index (χ1n) is 18.8. The minimum absolute atomic E-state index is 0.000855. The van der Waals surface area contributed by atoms with Crippen LogP contribution in [-0.2, 0) is 34.5 Å². The molecule has 2 saturated heterocycles. The van der Waals surface area contributed by atoms with Gasteiger partial charge in [0.2, 0.25) is 0 Å². The van der Waals surface area contributed by atoms with Gasteiger partial charge < -0.3 is 27.8 Å². The molecule has 0 amide bonds. The number of rotatable bonds is 16. The second-order valence-corrected chi connectivity index (χ2v) is 28.3. The van der Waals surface area contributed by atoms with Crippen molar-refractivity contribution in [3.63, 3.8) is 0 Å². The molecule has 2 fully saturated rings. The zero-order valence-corrected chi connectivity index (χ0v) is 36.1. The second kappa shape index (κ2) is 15.9. The van der Waals surface area contributed by atoms with Crippen LogP contribution in [0.3, 0.4) is 0 Å². The van der Waals surface area contributed by atoms with Crippen molar-refractivity contribution >= 4 is 22.4 Å². The van der Waals surface area contributed by atoms with Gasteiger partial charge in [-0.15, -0.1) is 0 Å². The minimum atomic E-state index is -1.96. The van der Waals surface area contributed by atoms with Crippen molar-refractivity contribution in [1.29, 1.82) is 0 Å². The van der Waals surface area contributed by atoms with E-state index in [1.807, 2.05) is 31.2 Å². The highest BCUT2D eigenvalue weighted by molar-refractivity contribution is 6.74. The van der Waals surface area contributed by atoms with E-state index in [1.165, 1.54) is 0 Å². The summed E-state index contributed by atoms with van der Waals surface area (Å²) in [6.45, 7) is 34.5. The zero-order valence-electron chi connectivity index (χ0n) is 34.1. The standard InChI is InChI=1S/C40H72O7Si2/c1-28(26-44-48(13,14)37(4,5)6)36(43-27-31-17-19-32(42-12)20-18-31)29(2)34(41)25-33-21-23-40(11,45-33)35-22-24-39(10,46-35)30(3)47-49(15,16)38(7,8)9/h17-20,28-30,33,35-36H,21-27H2,1-16H3/t28-,29+,30-,33-,35-,36-,39+,40+/m1/s1. The maximum Gasteiger partial charge on any atom is 0.192 e. The van der Waals surface area contributed by atoms with Crippen molar-refractivity contribution < 1.29 is 32.6 Å². The highest BCUT2D eigenvalue weighted by Gasteiger charge is 2.53. The van der Waals surface area contributed by atoms with Crippen molar-refractivity contribution in [3.05, 3.63) is 29.8 Å². The lowest BCUT2D eigenvalue weighted by atomic mass is 9.87. The fourth-order valence-electron chi connectivity index (χ4n) is 6.62. The Morgan fingerprint density at radius 3 is 2.04 bits per heavy atom. The molecule has 2 heterocycles. The molecule has 2 aliphatic heterocycles. The van der Waals surface area contributed by atoms with E-state index in [-0.39, 0.29) is 57.7 Å². The topological polar surface area (TPSA) is 72.5 Å². The molecule has 0 aromatic heterocycles. The molecule has 0 bridgehead atoms. The molecular weight excluding hydrogens is 649 g/mol. The smallest absolute Gasteiger partial charge is 0.192 e. The van der Waals surface area contributed by atoms with Gasteiger partial charge in [-0.3, -0.25) is 4.79 Å². The predicted molar refractivity (Wildman–Crippen MR) is 205 cm³/mol. The maximum absolute atomic E-state index is 14.0. The number of carbonyl (C=O) groups is 1. The second-order valence-electron chi connectivity index (χ2n) is 18.7. The molecule has 3 rings (SSSR count). The molecule has 49 heavy (non-hydrogen) atoms. The molecule has 9 heteroatoms. The largest absolute Gasteiger partial charge is 0.497 e. The van der Waals surface area contributed by atoms with Gasteiger partial charge in [-0.25, -0.2) is 0 Å². The number of benzene rings is 1. The Labute approximate surface area is 302 Å². The third-order valence-electron chi connectivity index (χ3n) is 12.6. The number of ether oxygens (including phenoxy) is 4. The average Bonchev–Trinajstić information content (AvgIpc) is 3.59. The van der Waals surface area contributed by atoms with Crippen LogP contribution in [0.25, 0.3) is 0 Å². The number of ketones is 1. The van der Waals surface area contributed by atoms with E-state index in [4.69, 9.17) is 27.8 Å². The first-order valence-corrected chi connectivity index (χ1v) is 24.6. The Morgan fingerprint density at radius 2 is 1.49 bits per heavy atom. The number of methoxy groups -OCH3 is 1. The Hall–Kier alpha value is -1.08. The van der Waals surface area contributed by atoms with E-state index in [0.717, 1.165) is 37.0 Å². The van der Waals surface area contributed by atoms with Gasteiger partial charge in [-0.05, 0) is 100 Å². The highest BCUT2D eigenvalue weighted by Crippen LogP contribution is 2.47. The van der Waals surface area contributed by atoms with Gasteiger partial charge in [0, 0.05) is 24.9 Å². The Bertz CT molecular complexity index is 1220. The van der Waals surface area contributed by atoms with E-state index >= 15 is 0 Å². The summed E-state index contributed by atoms with van der Waals surface area (Å²) in [5.74, 6) is 0.735. The van der Waals surface area contributed by atoms with Crippen molar-refractivity contribution in [2.45, 2.75) is 187 Å². The lowest BCUT2D eigenvalue weighted by Crippen LogP contribution is -2.51. The van der Waals surface area contributed by atoms with Crippen LogP contribution in [0.15, 0.2) is 24.3 Å². The maximum atomic E-state index is 14.0. The van der Waals surface area contributed by atoms with Crippen molar-refractivity contribution in [1.82, 2.24) is 0 Å². The average molecular weight is 721 g/mol. The number of hydrogen-bond donors (Lipinski definition) is 0. The van der Waals surface area contributed by atoms with Gasteiger partial charge in [-0.1, -0.05) is 67.5 Å². The molecule has 0 radical (unpaired) electrons. The van der Waals surface area contributed by atoms with Gasteiger partial charge >= 0.3 is 0 Å². The van der Waals surface area contributed by atoms with Crippen LogP contribution in [0.2, 0.25) is 36.3 Å². The fourth-order valence-corrected chi connectivity index (χ4v) is 9.22. The van der Waals surface area contributed by atoms with Gasteiger partial charge in [0.05, 0.1) is 49.3 Å². The number of carbonyl (C=O) groups excluding carboxylic acids is 1. The van der Waals surface area contributed by atoms with Crippen molar-refractivity contribution in [2.75, 3.05) is 13.7 Å². The Morgan fingerprint density at radius 1 is 0.898 bits per heavy atom. The van der Waals surface area contributed by atoms with E-state index in [0.29, 0.717) is 19.6 Å². The third-order valence-corrected chi connectivity index (χ3v) is 21.7. The first kappa shape index (κ1) is 42.3. The van der Waals surface area contributed by atoms with Gasteiger partial charge in [0.25, 0.3) is 0 Å². The van der Waals surface area contributed by atoms with E-state index in [1.54, 1.807) is 7.11 Å². The summed E-state index contributed by atoms with van der Waals surface area (Å²) >= 11 is 0. The van der Waals surface area contributed by atoms with E-state index in [9.17, 15) is 4.79 Å². The van der Waals surface area contributed by atoms with Crippen molar-refractivity contribution in [3.8, 4) is 5.75 Å². The molecule has 7 nitrogen and oxygen atoms in total. The fraction of sp³-hybridized carbons (Fsp3) is 0.825. The molecule has 0 spiro atoms. The molecule has 0 N–H and O–H groups in total. The number of Topliss-reactive ketones (excluding diaryl/α,β-unsaturated/α-hetero) is 1. The molecule has 282 valence electrons. The van der Waals surface area contributed by atoms with E-state index < -0.39 is 22.2 Å². The lowest BCUT2D eigenvalue weighted by molar-refractivity contribution is -0.168.